The second kappa shape index (κ2) is 9.41. The summed E-state index contributed by atoms with van der Waals surface area (Å²) in [5, 5.41) is 16.9. The lowest BCUT2D eigenvalue weighted by Gasteiger charge is -2.31. The molecule has 1 aliphatic rings. The van der Waals surface area contributed by atoms with Gasteiger partial charge in [-0.2, -0.15) is 0 Å². The Morgan fingerprint density at radius 1 is 1.29 bits per heavy atom. The van der Waals surface area contributed by atoms with Crippen molar-refractivity contribution in [3.63, 3.8) is 0 Å². The van der Waals surface area contributed by atoms with Gasteiger partial charge in [-0.25, -0.2) is 0 Å². The summed E-state index contributed by atoms with van der Waals surface area (Å²) < 4.78 is 5.74. The molecule has 0 unspecified atom stereocenters. The molecule has 0 saturated carbocycles. The minimum Gasteiger partial charge on any atom is -0.492 e. The van der Waals surface area contributed by atoms with Gasteiger partial charge in [0.15, 0.2) is 0 Å². The third-order valence-corrected chi connectivity index (χ3v) is 5.04. The number of nitrogens with zero attached hydrogens (tertiary/aromatic N) is 2. The Hall–Kier alpha value is -2.80. The Balaban J connectivity index is 1.62. The van der Waals surface area contributed by atoms with Crippen LogP contribution in [0.15, 0.2) is 42.5 Å². The van der Waals surface area contributed by atoms with Crippen LogP contribution in [0.25, 0.3) is 0 Å². The number of benzene rings is 2. The van der Waals surface area contributed by atoms with Gasteiger partial charge in [0.05, 0.1) is 24.6 Å². The molecule has 3 rings (SSSR count). The van der Waals surface area contributed by atoms with Gasteiger partial charge in [-0.15, -0.1) is 0 Å². The molecule has 0 radical (unpaired) electrons. The maximum Gasteiger partial charge on any atom is 0.292 e. The summed E-state index contributed by atoms with van der Waals surface area (Å²) >= 11 is 0. The predicted molar refractivity (Wildman–Crippen MR) is 111 cm³/mol. The van der Waals surface area contributed by atoms with E-state index in [1.54, 1.807) is 6.07 Å². The number of quaternary nitrogens is 1. The van der Waals surface area contributed by atoms with Crippen LogP contribution < -0.4 is 20.3 Å². The van der Waals surface area contributed by atoms with E-state index in [4.69, 9.17) is 4.74 Å². The molecule has 2 aromatic carbocycles. The Morgan fingerprint density at radius 2 is 2.07 bits per heavy atom. The van der Waals surface area contributed by atoms with Gasteiger partial charge >= 0.3 is 0 Å². The van der Waals surface area contributed by atoms with Gasteiger partial charge < -0.3 is 20.3 Å². The minimum absolute atomic E-state index is 0.0904. The smallest absolute Gasteiger partial charge is 0.292 e. The number of rotatable bonds is 8. The Morgan fingerprint density at radius 3 is 2.75 bits per heavy atom. The standard InChI is InChI=1S/C21H28N4O3/c1-3-17-4-7-19(8-5-17)28-13-11-23-20-14-18(6-9-21(20)25(26)27)24-12-10-22-16(2)15-24/h4-9,14,16,22-23H,3,10-13,15H2,1-2H3/p+1/t16-/m0/s1. The number of anilines is 2. The van der Waals surface area contributed by atoms with Crippen LogP contribution >= 0.6 is 0 Å². The van der Waals surface area contributed by atoms with Crippen LogP contribution in [0.3, 0.4) is 0 Å². The SMILES string of the molecule is CCc1ccc(OCCNc2cc(N3CC[NH2+][C@@H](C)C3)ccc2[N+](=O)[O-])cc1. The molecule has 2 aromatic rings. The second-order valence-corrected chi connectivity index (χ2v) is 7.18. The molecule has 1 fully saturated rings. The molecular formula is C21H29N4O3+. The fourth-order valence-electron chi connectivity index (χ4n) is 3.46. The van der Waals surface area contributed by atoms with E-state index in [0.29, 0.717) is 24.9 Å². The molecule has 7 nitrogen and oxygen atoms in total. The van der Waals surface area contributed by atoms with Gasteiger partial charge in [0.2, 0.25) is 0 Å². The summed E-state index contributed by atoms with van der Waals surface area (Å²) in [6.45, 7) is 8.15. The average Bonchev–Trinajstić information content (AvgIpc) is 2.71. The third-order valence-electron chi connectivity index (χ3n) is 5.04. The molecule has 0 bridgehead atoms. The summed E-state index contributed by atoms with van der Waals surface area (Å²) in [7, 11) is 0. The molecule has 1 atom stereocenters. The number of nitrogens with one attached hydrogen (secondary N) is 1. The normalized spacial score (nSPS) is 16.6. The van der Waals surface area contributed by atoms with Gasteiger partial charge in [0, 0.05) is 18.3 Å². The van der Waals surface area contributed by atoms with E-state index in [1.165, 1.54) is 5.56 Å². The van der Waals surface area contributed by atoms with E-state index in [2.05, 4.69) is 29.4 Å². The molecule has 0 aromatic heterocycles. The molecular weight excluding hydrogens is 356 g/mol. The largest absolute Gasteiger partial charge is 0.492 e. The zero-order valence-electron chi connectivity index (χ0n) is 16.6. The van der Waals surface area contributed by atoms with Crippen molar-refractivity contribution in [3.05, 3.63) is 58.1 Å². The molecule has 0 aliphatic carbocycles. The van der Waals surface area contributed by atoms with E-state index < -0.39 is 0 Å². The first kappa shape index (κ1) is 19.9. The summed E-state index contributed by atoms with van der Waals surface area (Å²) in [6.07, 6.45) is 0.996. The van der Waals surface area contributed by atoms with Gasteiger partial charge in [-0.05, 0) is 43.2 Å². The van der Waals surface area contributed by atoms with Gasteiger partial charge in [0.1, 0.15) is 24.1 Å². The lowest BCUT2D eigenvalue weighted by Crippen LogP contribution is -2.94. The fraction of sp³-hybridized carbons (Fsp3) is 0.429. The molecule has 7 heteroatoms. The molecule has 3 N–H and O–H groups in total. The summed E-state index contributed by atoms with van der Waals surface area (Å²) in [5.74, 6) is 0.806. The van der Waals surface area contributed by atoms with Crippen LogP contribution in [-0.4, -0.2) is 43.8 Å². The van der Waals surface area contributed by atoms with E-state index in [9.17, 15) is 10.1 Å². The Labute approximate surface area is 165 Å². The first-order valence-corrected chi connectivity index (χ1v) is 9.89. The number of aryl methyl sites for hydroxylation is 1. The van der Waals surface area contributed by atoms with Crippen molar-refractivity contribution in [1.29, 1.82) is 0 Å². The van der Waals surface area contributed by atoms with Crippen molar-refractivity contribution in [3.8, 4) is 5.75 Å². The van der Waals surface area contributed by atoms with Gasteiger partial charge in [-0.3, -0.25) is 10.1 Å². The van der Waals surface area contributed by atoms with Crippen molar-refractivity contribution in [2.75, 3.05) is 43.0 Å². The maximum atomic E-state index is 11.4. The first-order chi connectivity index (χ1) is 13.6. The molecule has 28 heavy (non-hydrogen) atoms. The number of nitro groups is 1. The van der Waals surface area contributed by atoms with Crippen LogP contribution in [-0.2, 0) is 6.42 Å². The van der Waals surface area contributed by atoms with Crippen LogP contribution in [0.1, 0.15) is 19.4 Å². The van der Waals surface area contributed by atoms with Crippen molar-refractivity contribution < 1.29 is 15.0 Å². The lowest BCUT2D eigenvalue weighted by atomic mass is 10.1. The quantitative estimate of drug-likeness (QED) is 0.414. The summed E-state index contributed by atoms with van der Waals surface area (Å²) in [6, 6.07) is 13.8. The Bertz CT molecular complexity index is 795. The number of hydrogen-bond donors (Lipinski definition) is 2. The average molecular weight is 385 g/mol. The number of piperazine rings is 1. The van der Waals surface area contributed by atoms with E-state index in [-0.39, 0.29) is 10.6 Å². The third kappa shape index (κ3) is 5.13. The lowest BCUT2D eigenvalue weighted by molar-refractivity contribution is -0.687. The number of hydrogen-bond acceptors (Lipinski definition) is 5. The summed E-state index contributed by atoms with van der Waals surface area (Å²) in [4.78, 5) is 13.3. The predicted octanol–water partition coefficient (Wildman–Crippen LogP) is 2.42. The van der Waals surface area contributed by atoms with Crippen molar-refractivity contribution >= 4 is 17.1 Å². The second-order valence-electron chi connectivity index (χ2n) is 7.18. The number of ether oxygens (including phenoxy) is 1. The number of nitro benzene ring substituents is 1. The maximum absolute atomic E-state index is 11.4. The highest BCUT2D eigenvalue weighted by molar-refractivity contribution is 5.69. The molecule has 1 aliphatic heterocycles. The fourth-order valence-corrected chi connectivity index (χ4v) is 3.46. The highest BCUT2D eigenvalue weighted by atomic mass is 16.6. The highest BCUT2D eigenvalue weighted by Gasteiger charge is 2.21. The molecule has 150 valence electrons. The van der Waals surface area contributed by atoms with Crippen LogP contribution in [0.5, 0.6) is 5.75 Å². The van der Waals surface area contributed by atoms with E-state index in [0.717, 1.165) is 37.5 Å². The van der Waals surface area contributed by atoms with Crippen LogP contribution in [0, 0.1) is 10.1 Å². The Kier molecular flexibility index (Phi) is 6.71. The van der Waals surface area contributed by atoms with Crippen LogP contribution in [0.2, 0.25) is 0 Å². The van der Waals surface area contributed by atoms with Gasteiger partial charge in [-0.1, -0.05) is 19.1 Å². The summed E-state index contributed by atoms with van der Waals surface area (Å²) in [5.41, 5.74) is 2.91. The minimum atomic E-state index is -0.344. The molecule has 1 heterocycles. The monoisotopic (exact) mass is 385 g/mol. The van der Waals surface area contributed by atoms with Crippen molar-refractivity contribution in [1.82, 2.24) is 0 Å². The van der Waals surface area contributed by atoms with Gasteiger partial charge in [0.25, 0.3) is 5.69 Å². The van der Waals surface area contributed by atoms with Crippen molar-refractivity contribution in [2.45, 2.75) is 26.3 Å². The molecule has 0 amide bonds. The zero-order valence-corrected chi connectivity index (χ0v) is 16.6. The van der Waals surface area contributed by atoms with Crippen molar-refractivity contribution in [2.24, 2.45) is 0 Å². The van der Waals surface area contributed by atoms with E-state index in [1.807, 2.05) is 36.4 Å². The molecule has 0 spiro atoms. The topological polar surface area (TPSA) is 84.2 Å². The molecule has 1 saturated heterocycles. The number of nitrogens with two attached hydrogens (primary N) is 1. The highest BCUT2D eigenvalue weighted by Crippen LogP contribution is 2.29. The zero-order chi connectivity index (χ0) is 19.9. The van der Waals surface area contributed by atoms with E-state index >= 15 is 0 Å². The first-order valence-electron chi connectivity index (χ1n) is 9.89. The van der Waals surface area contributed by atoms with Crippen LogP contribution in [0.4, 0.5) is 17.1 Å².